The van der Waals surface area contributed by atoms with Gasteiger partial charge in [-0.15, -0.1) is 0 Å². The SMILES string of the molecule is CC(=O)N(CCC(=O)Nc1ccc(Cl)cc1)c1cc(C)ccc1C. The van der Waals surface area contributed by atoms with Crippen molar-refractivity contribution in [2.75, 3.05) is 16.8 Å². The molecule has 0 spiro atoms. The molecule has 0 atom stereocenters. The molecule has 126 valence electrons. The molecule has 0 aromatic heterocycles. The van der Waals surface area contributed by atoms with Gasteiger partial charge in [0.1, 0.15) is 0 Å². The minimum Gasteiger partial charge on any atom is -0.326 e. The first-order chi connectivity index (χ1) is 11.4. The molecule has 0 aliphatic carbocycles. The summed E-state index contributed by atoms with van der Waals surface area (Å²) in [5.74, 6) is -0.225. The average Bonchev–Trinajstić information content (AvgIpc) is 2.52. The van der Waals surface area contributed by atoms with Crippen LogP contribution in [0.15, 0.2) is 42.5 Å². The predicted octanol–water partition coefficient (Wildman–Crippen LogP) is 4.34. The maximum atomic E-state index is 12.1. The lowest BCUT2D eigenvalue weighted by atomic mass is 10.1. The standard InChI is InChI=1S/C19H21ClN2O2/c1-13-4-5-14(2)18(12-13)22(15(3)23)11-10-19(24)21-17-8-6-16(20)7-9-17/h4-9,12H,10-11H2,1-3H3,(H,21,24). The van der Waals surface area contributed by atoms with Crippen LogP contribution in [0.3, 0.4) is 0 Å². The van der Waals surface area contributed by atoms with Crippen molar-refractivity contribution in [3.05, 3.63) is 58.6 Å². The van der Waals surface area contributed by atoms with Crippen molar-refractivity contribution in [2.45, 2.75) is 27.2 Å². The highest BCUT2D eigenvalue weighted by atomic mass is 35.5. The van der Waals surface area contributed by atoms with Crippen LogP contribution in [0.25, 0.3) is 0 Å². The first kappa shape index (κ1) is 18.0. The smallest absolute Gasteiger partial charge is 0.226 e. The molecule has 0 aliphatic rings. The number of aryl methyl sites for hydroxylation is 2. The predicted molar refractivity (Wildman–Crippen MR) is 98.6 cm³/mol. The first-order valence-electron chi connectivity index (χ1n) is 7.77. The van der Waals surface area contributed by atoms with Crippen LogP contribution in [0, 0.1) is 13.8 Å². The third-order valence-corrected chi connectivity index (χ3v) is 3.98. The summed E-state index contributed by atoms with van der Waals surface area (Å²) in [4.78, 5) is 25.8. The highest BCUT2D eigenvalue weighted by Crippen LogP contribution is 2.22. The minimum absolute atomic E-state index is 0.0806. The number of carbonyl (C=O) groups excluding carboxylic acids is 2. The summed E-state index contributed by atoms with van der Waals surface area (Å²) in [6.45, 7) is 5.78. The number of rotatable bonds is 5. The number of nitrogens with zero attached hydrogens (tertiary/aromatic N) is 1. The fourth-order valence-corrected chi connectivity index (χ4v) is 2.55. The van der Waals surface area contributed by atoms with Gasteiger partial charge in [-0.3, -0.25) is 9.59 Å². The van der Waals surface area contributed by atoms with Gasteiger partial charge in [-0.05, 0) is 55.3 Å². The molecule has 0 bridgehead atoms. The Kier molecular flexibility index (Phi) is 5.99. The van der Waals surface area contributed by atoms with Crippen LogP contribution in [0.5, 0.6) is 0 Å². The topological polar surface area (TPSA) is 49.4 Å². The van der Waals surface area contributed by atoms with Crippen molar-refractivity contribution in [3.63, 3.8) is 0 Å². The second-order valence-corrected chi connectivity index (χ2v) is 6.20. The summed E-state index contributed by atoms with van der Waals surface area (Å²) in [5.41, 5.74) is 3.62. The Morgan fingerprint density at radius 3 is 2.38 bits per heavy atom. The zero-order chi connectivity index (χ0) is 17.7. The van der Waals surface area contributed by atoms with Crippen LogP contribution in [0.1, 0.15) is 24.5 Å². The molecular formula is C19H21ClN2O2. The van der Waals surface area contributed by atoms with Gasteiger partial charge in [-0.1, -0.05) is 23.7 Å². The lowest BCUT2D eigenvalue weighted by Gasteiger charge is -2.23. The van der Waals surface area contributed by atoms with Crippen LogP contribution in [-0.4, -0.2) is 18.4 Å². The number of hydrogen-bond donors (Lipinski definition) is 1. The lowest BCUT2D eigenvalue weighted by molar-refractivity contribution is -0.117. The third-order valence-electron chi connectivity index (χ3n) is 3.73. The zero-order valence-electron chi connectivity index (χ0n) is 14.1. The normalized spacial score (nSPS) is 10.3. The van der Waals surface area contributed by atoms with Gasteiger partial charge in [-0.25, -0.2) is 0 Å². The molecule has 24 heavy (non-hydrogen) atoms. The first-order valence-corrected chi connectivity index (χ1v) is 8.15. The van der Waals surface area contributed by atoms with Gasteiger partial charge in [0.25, 0.3) is 0 Å². The second kappa shape index (κ2) is 7.97. The second-order valence-electron chi connectivity index (χ2n) is 5.77. The lowest BCUT2D eigenvalue weighted by Crippen LogP contribution is -2.32. The third kappa shape index (κ3) is 4.83. The van der Waals surface area contributed by atoms with Gasteiger partial charge in [0.05, 0.1) is 0 Å². The van der Waals surface area contributed by atoms with Gasteiger partial charge in [0.2, 0.25) is 11.8 Å². The van der Waals surface area contributed by atoms with Crippen molar-refractivity contribution >= 4 is 34.8 Å². The van der Waals surface area contributed by atoms with Gasteiger partial charge in [0, 0.05) is 36.3 Å². The van der Waals surface area contributed by atoms with Gasteiger partial charge >= 0.3 is 0 Å². The van der Waals surface area contributed by atoms with Crippen LogP contribution >= 0.6 is 11.6 Å². The Balaban J connectivity index is 2.03. The van der Waals surface area contributed by atoms with Crippen molar-refractivity contribution in [3.8, 4) is 0 Å². The highest BCUT2D eigenvalue weighted by molar-refractivity contribution is 6.30. The number of benzene rings is 2. The van der Waals surface area contributed by atoms with Gasteiger partial charge < -0.3 is 10.2 Å². The summed E-state index contributed by atoms with van der Waals surface area (Å²) >= 11 is 5.82. The quantitative estimate of drug-likeness (QED) is 0.877. The van der Waals surface area contributed by atoms with Crippen molar-refractivity contribution in [1.29, 1.82) is 0 Å². The Morgan fingerprint density at radius 2 is 1.75 bits per heavy atom. The Morgan fingerprint density at radius 1 is 1.08 bits per heavy atom. The molecular weight excluding hydrogens is 324 g/mol. The van der Waals surface area contributed by atoms with Crippen molar-refractivity contribution in [2.24, 2.45) is 0 Å². The monoisotopic (exact) mass is 344 g/mol. The minimum atomic E-state index is -0.145. The molecule has 2 rings (SSSR count). The van der Waals surface area contributed by atoms with Crippen molar-refractivity contribution in [1.82, 2.24) is 0 Å². The number of halogens is 1. The molecule has 2 aromatic carbocycles. The van der Waals surface area contributed by atoms with Gasteiger partial charge in [0.15, 0.2) is 0 Å². The van der Waals surface area contributed by atoms with E-state index in [-0.39, 0.29) is 18.2 Å². The molecule has 2 aromatic rings. The molecule has 0 radical (unpaired) electrons. The van der Waals surface area contributed by atoms with E-state index in [2.05, 4.69) is 5.32 Å². The fraction of sp³-hybridized carbons (Fsp3) is 0.263. The highest BCUT2D eigenvalue weighted by Gasteiger charge is 2.15. The number of amides is 2. The van der Waals surface area contributed by atoms with E-state index >= 15 is 0 Å². The maximum Gasteiger partial charge on any atom is 0.226 e. The summed E-state index contributed by atoms with van der Waals surface area (Å²) < 4.78 is 0. The fourth-order valence-electron chi connectivity index (χ4n) is 2.43. The summed E-state index contributed by atoms with van der Waals surface area (Å²) in [6.07, 6.45) is 0.218. The molecule has 5 heteroatoms. The number of nitrogens with one attached hydrogen (secondary N) is 1. The van der Waals surface area contributed by atoms with E-state index in [0.717, 1.165) is 16.8 Å². The van der Waals surface area contributed by atoms with Gasteiger partial charge in [-0.2, -0.15) is 0 Å². The molecule has 0 saturated heterocycles. The molecule has 1 N–H and O–H groups in total. The zero-order valence-corrected chi connectivity index (χ0v) is 14.9. The Hall–Kier alpha value is -2.33. The van der Waals surface area contributed by atoms with E-state index in [1.54, 1.807) is 29.2 Å². The largest absolute Gasteiger partial charge is 0.326 e. The van der Waals surface area contributed by atoms with E-state index in [4.69, 9.17) is 11.6 Å². The van der Waals surface area contributed by atoms with E-state index in [1.807, 2.05) is 32.0 Å². The Labute approximate surface area is 147 Å². The van der Waals surface area contributed by atoms with E-state index in [1.165, 1.54) is 6.92 Å². The average molecular weight is 345 g/mol. The maximum absolute atomic E-state index is 12.1. The molecule has 0 fully saturated rings. The van der Waals surface area contributed by atoms with Crippen LogP contribution < -0.4 is 10.2 Å². The Bertz CT molecular complexity index is 742. The van der Waals surface area contributed by atoms with E-state index in [9.17, 15) is 9.59 Å². The molecule has 0 aliphatic heterocycles. The number of hydrogen-bond acceptors (Lipinski definition) is 2. The van der Waals surface area contributed by atoms with Crippen molar-refractivity contribution < 1.29 is 9.59 Å². The number of anilines is 2. The van der Waals surface area contributed by atoms with E-state index < -0.39 is 0 Å². The van der Waals surface area contributed by atoms with Crippen LogP contribution in [0.4, 0.5) is 11.4 Å². The summed E-state index contributed by atoms with van der Waals surface area (Å²) in [7, 11) is 0. The van der Waals surface area contributed by atoms with Crippen LogP contribution in [0.2, 0.25) is 5.02 Å². The number of carbonyl (C=O) groups is 2. The molecule has 4 nitrogen and oxygen atoms in total. The summed E-state index contributed by atoms with van der Waals surface area (Å²) in [6, 6.07) is 12.9. The molecule has 2 amide bonds. The summed E-state index contributed by atoms with van der Waals surface area (Å²) in [5, 5.41) is 3.42. The van der Waals surface area contributed by atoms with E-state index in [0.29, 0.717) is 17.3 Å². The molecule has 0 heterocycles. The molecule has 0 saturated carbocycles. The molecule has 0 unspecified atom stereocenters. The van der Waals surface area contributed by atoms with Crippen LogP contribution in [-0.2, 0) is 9.59 Å².